The molecule has 3 aromatic rings. The van der Waals surface area contributed by atoms with Gasteiger partial charge in [0.15, 0.2) is 0 Å². The maximum absolute atomic E-state index is 12.9. The second-order valence-corrected chi connectivity index (χ2v) is 9.03. The van der Waals surface area contributed by atoms with Crippen molar-refractivity contribution < 1.29 is 9.59 Å². The van der Waals surface area contributed by atoms with Gasteiger partial charge in [-0.2, -0.15) is 0 Å². The molecule has 0 aromatic heterocycles. The third-order valence-electron chi connectivity index (χ3n) is 6.26. The molecule has 2 amide bonds. The predicted octanol–water partition coefficient (Wildman–Crippen LogP) is 4.95. The Labute approximate surface area is 200 Å². The summed E-state index contributed by atoms with van der Waals surface area (Å²) in [6, 6.07) is 21.4. The third-order valence-corrected chi connectivity index (χ3v) is 6.49. The van der Waals surface area contributed by atoms with Gasteiger partial charge in [-0.05, 0) is 53.4 Å². The minimum atomic E-state index is -0.122. The first kappa shape index (κ1) is 23.3. The third kappa shape index (κ3) is 5.73. The van der Waals surface area contributed by atoms with Gasteiger partial charge in [0.1, 0.15) is 0 Å². The number of unbranched alkanes of at least 4 members (excludes halogenated alkanes) is 1. The van der Waals surface area contributed by atoms with Gasteiger partial charge in [-0.25, -0.2) is 0 Å². The highest BCUT2D eigenvalue weighted by Gasteiger charge is 2.31. The van der Waals surface area contributed by atoms with E-state index in [0.717, 1.165) is 42.1 Å². The van der Waals surface area contributed by atoms with Gasteiger partial charge in [0.2, 0.25) is 5.91 Å². The summed E-state index contributed by atoms with van der Waals surface area (Å²) in [5.41, 5.74) is 1.74. The molecular formula is C27H30ClN3O2. The van der Waals surface area contributed by atoms with Crippen LogP contribution in [0.1, 0.15) is 48.1 Å². The van der Waals surface area contributed by atoms with Crippen molar-refractivity contribution in [3.8, 4) is 0 Å². The van der Waals surface area contributed by atoms with Crippen molar-refractivity contribution in [3.63, 3.8) is 0 Å². The largest absolute Gasteiger partial charge is 0.350 e. The highest BCUT2D eigenvalue weighted by molar-refractivity contribution is 6.31. The number of nitrogens with one attached hydrogen (secondary N) is 2. The van der Waals surface area contributed by atoms with Crippen molar-refractivity contribution >= 4 is 34.2 Å². The van der Waals surface area contributed by atoms with Crippen molar-refractivity contribution in [1.82, 2.24) is 15.5 Å². The summed E-state index contributed by atoms with van der Waals surface area (Å²) in [6.07, 6.45) is 2.76. The zero-order chi connectivity index (χ0) is 23.2. The van der Waals surface area contributed by atoms with E-state index in [2.05, 4.69) is 29.7 Å². The van der Waals surface area contributed by atoms with Crippen LogP contribution in [0.5, 0.6) is 0 Å². The highest BCUT2D eigenvalue weighted by Crippen LogP contribution is 2.28. The number of rotatable bonds is 7. The van der Waals surface area contributed by atoms with Crippen molar-refractivity contribution in [2.24, 2.45) is 0 Å². The molecule has 6 heteroatoms. The molecule has 1 unspecified atom stereocenters. The van der Waals surface area contributed by atoms with E-state index in [1.54, 1.807) is 0 Å². The molecule has 3 aromatic carbocycles. The minimum Gasteiger partial charge on any atom is -0.350 e. The first-order valence-electron chi connectivity index (χ1n) is 11.6. The smallest absolute Gasteiger partial charge is 0.251 e. The Morgan fingerprint density at radius 2 is 1.85 bits per heavy atom. The number of benzene rings is 3. The van der Waals surface area contributed by atoms with Crippen molar-refractivity contribution in [2.75, 3.05) is 19.6 Å². The Morgan fingerprint density at radius 1 is 1.09 bits per heavy atom. The number of carbonyl (C=O) groups excluding carboxylic acids is 2. The van der Waals surface area contributed by atoms with Crippen LogP contribution in [0, 0.1) is 0 Å². The van der Waals surface area contributed by atoms with Gasteiger partial charge in [0.25, 0.3) is 5.91 Å². The average molecular weight is 464 g/mol. The van der Waals surface area contributed by atoms with E-state index in [1.165, 1.54) is 0 Å². The molecule has 0 saturated carbocycles. The van der Waals surface area contributed by atoms with Gasteiger partial charge in [-0.15, -0.1) is 0 Å². The zero-order valence-corrected chi connectivity index (χ0v) is 19.6. The molecule has 0 aliphatic carbocycles. The van der Waals surface area contributed by atoms with Gasteiger partial charge in [0.05, 0.1) is 12.6 Å². The number of nitrogens with zero attached hydrogens (tertiary/aromatic N) is 1. The molecule has 0 radical (unpaired) electrons. The summed E-state index contributed by atoms with van der Waals surface area (Å²) in [5, 5.41) is 9.07. The summed E-state index contributed by atoms with van der Waals surface area (Å²) in [5.74, 6) is -0.0114. The van der Waals surface area contributed by atoms with Crippen molar-refractivity contribution in [1.29, 1.82) is 0 Å². The Hall–Kier alpha value is -2.89. The van der Waals surface area contributed by atoms with Gasteiger partial charge in [0, 0.05) is 29.7 Å². The number of amides is 2. The normalized spacial score (nSPS) is 18.8. The van der Waals surface area contributed by atoms with Gasteiger partial charge in [-0.1, -0.05) is 67.4 Å². The SMILES string of the molecule is CCCCN1C(=O)CN[C@H](CNC(=O)c2ccc3cc(Cl)ccc3c2)CC1c1ccccc1. The highest BCUT2D eigenvalue weighted by atomic mass is 35.5. The molecule has 1 heterocycles. The van der Waals surface area contributed by atoms with Crippen LogP contribution in [0.3, 0.4) is 0 Å². The van der Waals surface area contributed by atoms with Gasteiger partial charge in [-0.3, -0.25) is 9.59 Å². The molecule has 5 nitrogen and oxygen atoms in total. The Kier molecular flexibility index (Phi) is 7.63. The molecule has 172 valence electrons. The molecular weight excluding hydrogens is 434 g/mol. The summed E-state index contributed by atoms with van der Waals surface area (Å²) in [6.45, 7) is 3.62. The van der Waals surface area contributed by atoms with E-state index in [1.807, 2.05) is 59.5 Å². The maximum Gasteiger partial charge on any atom is 0.251 e. The number of fused-ring (bicyclic) bond motifs is 1. The molecule has 1 aliphatic rings. The molecule has 2 atom stereocenters. The number of hydrogen-bond acceptors (Lipinski definition) is 3. The summed E-state index contributed by atoms with van der Waals surface area (Å²) in [7, 11) is 0. The predicted molar refractivity (Wildman–Crippen MR) is 134 cm³/mol. The molecule has 4 rings (SSSR count). The molecule has 0 bridgehead atoms. The van der Waals surface area contributed by atoms with Crippen LogP contribution >= 0.6 is 11.6 Å². The Morgan fingerprint density at radius 3 is 2.64 bits per heavy atom. The topological polar surface area (TPSA) is 61.4 Å². The summed E-state index contributed by atoms with van der Waals surface area (Å²) in [4.78, 5) is 27.8. The zero-order valence-electron chi connectivity index (χ0n) is 18.9. The summed E-state index contributed by atoms with van der Waals surface area (Å²) >= 11 is 6.06. The van der Waals surface area contributed by atoms with Crippen LogP contribution in [0.2, 0.25) is 5.02 Å². The molecule has 2 N–H and O–H groups in total. The quantitative estimate of drug-likeness (QED) is 0.521. The fraction of sp³-hybridized carbons (Fsp3) is 0.333. The molecule has 1 fully saturated rings. The second-order valence-electron chi connectivity index (χ2n) is 8.60. The van der Waals surface area contributed by atoms with Crippen molar-refractivity contribution in [3.05, 3.63) is 82.9 Å². The summed E-state index contributed by atoms with van der Waals surface area (Å²) < 4.78 is 0. The van der Waals surface area contributed by atoms with E-state index in [-0.39, 0.29) is 30.4 Å². The van der Waals surface area contributed by atoms with Crippen LogP contribution in [0.4, 0.5) is 0 Å². The minimum absolute atomic E-state index is 0.00556. The van der Waals surface area contributed by atoms with E-state index < -0.39 is 0 Å². The lowest BCUT2D eigenvalue weighted by Crippen LogP contribution is -2.42. The monoisotopic (exact) mass is 463 g/mol. The lowest BCUT2D eigenvalue weighted by atomic mass is 9.97. The lowest BCUT2D eigenvalue weighted by molar-refractivity contribution is -0.132. The van der Waals surface area contributed by atoms with Crippen LogP contribution < -0.4 is 10.6 Å². The Bertz CT molecular complexity index is 1120. The van der Waals surface area contributed by atoms with Crippen molar-refractivity contribution in [2.45, 2.75) is 38.3 Å². The molecule has 33 heavy (non-hydrogen) atoms. The average Bonchev–Trinajstić information content (AvgIpc) is 3.00. The number of halogens is 1. The maximum atomic E-state index is 12.9. The molecule has 0 spiro atoms. The van der Waals surface area contributed by atoms with Crippen LogP contribution in [-0.4, -0.2) is 42.4 Å². The standard InChI is InChI=1S/C27H30ClN3O2/c1-2-3-13-31-25(19-7-5-4-6-8-19)16-24(29-18-26(31)32)17-30-27(33)22-10-9-21-15-23(28)12-11-20(21)14-22/h4-12,14-15,24-25,29H,2-3,13,16-18H2,1H3,(H,30,33)/t24-,25?/m0/s1. The van der Waals surface area contributed by atoms with E-state index in [9.17, 15) is 9.59 Å². The number of carbonyl (C=O) groups is 2. The van der Waals surface area contributed by atoms with E-state index >= 15 is 0 Å². The van der Waals surface area contributed by atoms with Gasteiger partial charge < -0.3 is 15.5 Å². The molecule has 1 aliphatic heterocycles. The second kappa shape index (κ2) is 10.8. The lowest BCUT2D eigenvalue weighted by Gasteiger charge is -2.31. The van der Waals surface area contributed by atoms with Gasteiger partial charge >= 0.3 is 0 Å². The first-order valence-corrected chi connectivity index (χ1v) is 12.0. The molecule has 1 saturated heterocycles. The van der Waals surface area contributed by atoms with E-state index in [4.69, 9.17) is 11.6 Å². The van der Waals surface area contributed by atoms with Crippen LogP contribution in [0.25, 0.3) is 10.8 Å². The van der Waals surface area contributed by atoms with Crippen LogP contribution in [0.15, 0.2) is 66.7 Å². The fourth-order valence-corrected chi connectivity index (χ4v) is 4.60. The number of hydrogen-bond donors (Lipinski definition) is 2. The van der Waals surface area contributed by atoms with Crippen LogP contribution in [-0.2, 0) is 4.79 Å². The Balaban J connectivity index is 1.46. The fourth-order valence-electron chi connectivity index (χ4n) is 4.42. The van der Waals surface area contributed by atoms with E-state index in [0.29, 0.717) is 17.1 Å². The first-order chi connectivity index (χ1) is 16.0.